The number of rotatable bonds is 13. The van der Waals surface area contributed by atoms with E-state index in [4.69, 9.17) is 9.47 Å². The molecule has 0 radical (unpaired) electrons. The molecule has 5 rings (SSSR count). The van der Waals surface area contributed by atoms with Gasteiger partial charge in [-0.2, -0.15) is 0 Å². The number of hydrogen-bond acceptors (Lipinski definition) is 10. The van der Waals surface area contributed by atoms with Gasteiger partial charge in [0.15, 0.2) is 5.67 Å². The van der Waals surface area contributed by atoms with Crippen LogP contribution in [0.4, 0.5) is 4.39 Å². The summed E-state index contributed by atoms with van der Waals surface area (Å²) in [5.41, 5.74) is 1.64. The summed E-state index contributed by atoms with van der Waals surface area (Å²) in [5, 5.41) is 16.1. The fraction of sp³-hybridized carbons (Fsp3) is 0.639. The van der Waals surface area contributed by atoms with Gasteiger partial charge in [-0.1, -0.05) is 32.9 Å². The number of amides is 3. The van der Waals surface area contributed by atoms with E-state index in [1.165, 1.54) is 16.2 Å². The zero-order valence-corrected chi connectivity index (χ0v) is 30.4. The lowest BCUT2D eigenvalue weighted by Crippen LogP contribution is -2.59. The zero-order chi connectivity index (χ0) is 36.2. The van der Waals surface area contributed by atoms with Crippen LogP contribution in [-0.2, 0) is 30.5 Å². The first-order chi connectivity index (χ1) is 23.7. The minimum Gasteiger partial charge on any atom is -0.492 e. The second kappa shape index (κ2) is 15.7. The molecule has 12 nitrogen and oxygen atoms in total. The lowest BCUT2D eigenvalue weighted by molar-refractivity contribution is -0.149. The number of β-amino-alcohol motifs (C(OH)–C–C–N with tert-alkyl or cyclic N) is 1. The predicted molar refractivity (Wildman–Crippen MR) is 186 cm³/mol. The fourth-order valence-corrected chi connectivity index (χ4v) is 7.31. The van der Waals surface area contributed by atoms with E-state index < -0.39 is 47.0 Å². The number of aliphatic hydroxyl groups is 1. The van der Waals surface area contributed by atoms with Crippen LogP contribution in [0, 0.1) is 18.3 Å². The third kappa shape index (κ3) is 8.99. The Morgan fingerprint density at radius 2 is 1.90 bits per heavy atom. The number of aliphatic hydroxyl groups excluding tert-OH is 1. The largest absolute Gasteiger partial charge is 0.492 e. The monoisotopic (exact) mass is 715 g/mol. The molecule has 1 aromatic heterocycles. The molecule has 2 saturated heterocycles. The van der Waals surface area contributed by atoms with Gasteiger partial charge in [-0.25, -0.2) is 9.37 Å². The summed E-state index contributed by atoms with van der Waals surface area (Å²) in [6.07, 6.45) is 0.823. The minimum atomic E-state index is -1.96. The summed E-state index contributed by atoms with van der Waals surface area (Å²) >= 11 is 1.53. The molecule has 0 unspecified atom stereocenters. The normalized spacial score (nSPS) is 21.4. The van der Waals surface area contributed by atoms with Gasteiger partial charge >= 0.3 is 5.97 Å². The molecule has 1 saturated carbocycles. The van der Waals surface area contributed by atoms with Crippen LogP contribution in [0.1, 0.15) is 71.1 Å². The van der Waals surface area contributed by atoms with E-state index in [2.05, 4.69) is 20.5 Å². The number of halogens is 1. The second-order valence-electron chi connectivity index (χ2n) is 14.7. The van der Waals surface area contributed by atoms with Gasteiger partial charge < -0.3 is 30.1 Å². The zero-order valence-electron chi connectivity index (χ0n) is 29.6. The van der Waals surface area contributed by atoms with Crippen molar-refractivity contribution in [3.63, 3.8) is 0 Å². The predicted octanol–water partition coefficient (Wildman–Crippen LogP) is 3.38. The summed E-state index contributed by atoms with van der Waals surface area (Å²) in [5.74, 6) is -1.41. The quantitative estimate of drug-likeness (QED) is 0.266. The Bertz CT molecular complexity index is 1550. The molecule has 0 bridgehead atoms. The van der Waals surface area contributed by atoms with Crippen molar-refractivity contribution in [2.24, 2.45) is 11.3 Å². The van der Waals surface area contributed by atoms with Gasteiger partial charge in [0.2, 0.25) is 11.8 Å². The first kappa shape index (κ1) is 37.6. The molecule has 3 N–H and O–H groups in total. The minimum absolute atomic E-state index is 0.0369. The first-order valence-corrected chi connectivity index (χ1v) is 18.4. The Balaban J connectivity index is 1.25. The highest BCUT2D eigenvalue weighted by molar-refractivity contribution is 7.13. The number of nitrogens with zero attached hydrogens (tertiary/aromatic N) is 3. The molecule has 0 spiro atoms. The number of carbonyl (C=O) groups is 4. The third-order valence-corrected chi connectivity index (χ3v) is 10.7. The van der Waals surface area contributed by atoms with Gasteiger partial charge in [0, 0.05) is 31.6 Å². The highest BCUT2D eigenvalue weighted by atomic mass is 32.1. The molecule has 1 aromatic carbocycles. The van der Waals surface area contributed by atoms with Crippen LogP contribution in [0.3, 0.4) is 0 Å². The Morgan fingerprint density at radius 3 is 2.52 bits per heavy atom. The molecule has 2 aromatic rings. The molecule has 50 heavy (non-hydrogen) atoms. The third-order valence-electron chi connectivity index (χ3n) is 9.75. The summed E-state index contributed by atoms with van der Waals surface area (Å²) in [7, 11) is 0. The van der Waals surface area contributed by atoms with Crippen LogP contribution in [0.5, 0.6) is 5.75 Å². The van der Waals surface area contributed by atoms with Crippen LogP contribution in [-0.4, -0.2) is 107 Å². The Morgan fingerprint density at radius 1 is 1.18 bits per heavy atom. The number of aryl methyl sites for hydroxylation is 1. The fourth-order valence-electron chi connectivity index (χ4n) is 6.51. The van der Waals surface area contributed by atoms with E-state index in [1.54, 1.807) is 26.3 Å². The highest BCUT2D eigenvalue weighted by Gasteiger charge is 2.53. The van der Waals surface area contributed by atoms with Crippen molar-refractivity contribution < 1.29 is 38.1 Å². The summed E-state index contributed by atoms with van der Waals surface area (Å²) in [4.78, 5) is 61.1. The van der Waals surface area contributed by atoms with E-state index in [1.807, 2.05) is 32.0 Å². The van der Waals surface area contributed by atoms with E-state index in [9.17, 15) is 28.7 Å². The molecular formula is C36H50FN5O7S. The number of nitrogens with one attached hydrogen (secondary N) is 2. The van der Waals surface area contributed by atoms with Crippen LogP contribution in [0.2, 0.25) is 0 Å². The van der Waals surface area contributed by atoms with Crippen molar-refractivity contribution in [2.75, 3.05) is 39.4 Å². The van der Waals surface area contributed by atoms with Crippen molar-refractivity contribution in [1.82, 2.24) is 25.4 Å². The molecule has 3 aliphatic rings. The van der Waals surface area contributed by atoms with Crippen molar-refractivity contribution in [3.05, 3.63) is 35.0 Å². The van der Waals surface area contributed by atoms with Crippen LogP contribution in [0.15, 0.2) is 23.7 Å². The average molecular weight is 716 g/mol. The average Bonchev–Trinajstić information content (AvgIpc) is 3.48. The number of piperidine rings is 1. The number of likely N-dealkylation sites (tertiary alicyclic amines) is 2. The second-order valence-corrected chi connectivity index (χ2v) is 15.5. The van der Waals surface area contributed by atoms with E-state index in [0.717, 1.165) is 47.6 Å². The maximum absolute atomic E-state index is 14.5. The maximum atomic E-state index is 14.5. The maximum Gasteiger partial charge on any atom is 0.309 e. The van der Waals surface area contributed by atoms with E-state index in [0.29, 0.717) is 25.5 Å². The SMILES string of the molecule is CCOC(=O)C1CCN(CCOc2cc(-c3scnc3C)ccc2CNC(=O)[C@@H]2C[C@@H](O)CN2C(=O)[C@@H](NC(=O)C2(F)CC2)C(C)(C)C)CC1. The van der Waals surface area contributed by atoms with E-state index >= 15 is 0 Å². The van der Waals surface area contributed by atoms with Gasteiger partial charge in [0.05, 0.1) is 34.7 Å². The highest BCUT2D eigenvalue weighted by Crippen LogP contribution is 2.40. The first-order valence-electron chi connectivity index (χ1n) is 17.5. The molecule has 3 amide bonds. The number of aromatic nitrogens is 1. The van der Waals surface area contributed by atoms with Gasteiger partial charge in [-0.05, 0) is 69.7 Å². The van der Waals surface area contributed by atoms with Gasteiger partial charge in [-0.3, -0.25) is 24.1 Å². The number of alkyl halides is 1. The molecular weight excluding hydrogens is 665 g/mol. The molecule has 3 heterocycles. The standard InChI is InChI=1S/C36H50FN5O7S/c1-6-48-33(46)23-9-13-41(14-10-23)15-16-49-28-17-24(29-22(2)39-21-50-29)7-8-25(28)19-38-31(44)27-18-26(43)20-42(27)32(45)30(35(3,4)5)40-34(47)36(37)11-12-36/h7-8,17,21,23,26-27,30,43H,6,9-16,18-20H2,1-5H3,(H,38,44)(H,40,47)/t26-,27+,30-/m1/s1. The molecule has 3 atom stereocenters. The van der Waals surface area contributed by atoms with Gasteiger partial charge in [-0.15, -0.1) is 11.3 Å². The van der Waals surface area contributed by atoms with Crippen molar-refractivity contribution in [3.8, 4) is 16.2 Å². The summed E-state index contributed by atoms with van der Waals surface area (Å²) in [6, 6.07) is 3.75. The summed E-state index contributed by atoms with van der Waals surface area (Å²) < 4.78 is 26.1. The molecule has 3 fully saturated rings. The molecule has 2 aliphatic heterocycles. The Hall–Kier alpha value is -3.62. The number of thiazole rings is 1. The number of esters is 1. The molecule has 1 aliphatic carbocycles. The lowest BCUT2D eigenvalue weighted by Gasteiger charge is -2.35. The number of hydrogen-bond donors (Lipinski definition) is 3. The van der Waals surface area contributed by atoms with E-state index in [-0.39, 0.29) is 44.2 Å². The van der Waals surface area contributed by atoms with Crippen molar-refractivity contribution in [1.29, 1.82) is 0 Å². The van der Waals surface area contributed by atoms with Crippen LogP contribution < -0.4 is 15.4 Å². The number of carbonyl (C=O) groups excluding carboxylic acids is 4. The van der Waals surface area contributed by atoms with Gasteiger partial charge in [0.1, 0.15) is 24.4 Å². The Kier molecular flexibility index (Phi) is 11.8. The van der Waals surface area contributed by atoms with Crippen molar-refractivity contribution >= 4 is 35.0 Å². The lowest BCUT2D eigenvalue weighted by atomic mass is 9.85. The smallest absolute Gasteiger partial charge is 0.309 e. The van der Waals surface area contributed by atoms with Gasteiger partial charge in [0.25, 0.3) is 5.91 Å². The van der Waals surface area contributed by atoms with Crippen LogP contribution in [0.25, 0.3) is 10.4 Å². The number of benzene rings is 1. The number of ether oxygens (including phenoxy) is 2. The van der Waals surface area contributed by atoms with Crippen LogP contribution >= 0.6 is 11.3 Å². The molecule has 14 heteroatoms. The Labute approximate surface area is 297 Å². The topological polar surface area (TPSA) is 150 Å². The summed E-state index contributed by atoms with van der Waals surface area (Å²) in [6.45, 7) is 12.1. The van der Waals surface area contributed by atoms with Crippen molar-refractivity contribution in [2.45, 2.75) is 97.1 Å². The molecule has 274 valence electrons.